The highest BCUT2D eigenvalue weighted by atomic mass is 79.9. The summed E-state index contributed by atoms with van der Waals surface area (Å²) in [6, 6.07) is 17.5. The minimum atomic E-state index is -0.188. The van der Waals surface area contributed by atoms with E-state index in [-0.39, 0.29) is 11.8 Å². The number of benzene rings is 2. The largest absolute Gasteiger partial charge is 0.296 e. The molecule has 3 aromatic rings. The molecule has 1 atom stereocenters. The van der Waals surface area contributed by atoms with Crippen LogP contribution in [-0.2, 0) is 0 Å². The average Bonchev–Trinajstić information content (AvgIpc) is 3.04. The maximum absolute atomic E-state index is 12.3. The number of hydrogen-bond acceptors (Lipinski definition) is 4. The second kappa shape index (κ2) is 7.68. The van der Waals surface area contributed by atoms with Crippen LogP contribution >= 0.6 is 27.3 Å². The zero-order valence-electron chi connectivity index (χ0n) is 13.1. The normalized spacial score (nSPS) is 11.9. The van der Waals surface area contributed by atoms with Crippen LogP contribution in [0.2, 0.25) is 0 Å². The number of anilines is 1. The van der Waals surface area contributed by atoms with E-state index in [1.165, 1.54) is 16.9 Å². The molecule has 1 amide bonds. The first-order chi connectivity index (χ1) is 11.7. The van der Waals surface area contributed by atoms with Crippen molar-refractivity contribution in [2.75, 3.05) is 5.32 Å². The zero-order valence-corrected chi connectivity index (χ0v) is 15.5. The van der Waals surface area contributed by atoms with Gasteiger partial charge in [0.2, 0.25) is 5.13 Å². The van der Waals surface area contributed by atoms with Crippen molar-refractivity contribution in [3.8, 4) is 0 Å². The lowest BCUT2D eigenvalue weighted by molar-refractivity contribution is 0.102. The molecule has 0 aliphatic rings. The number of aromatic nitrogens is 2. The molecule has 4 nitrogen and oxygen atoms in total. The molecule has 0 fully saturated rings. The number of nitrogens with zero attached hydrogens (tertiary/aromatic N) is 2. The molecule has 0 aliphatic carbocycles. The molecule has 0 radical (unpaired) electrons. The standard InChI is InChI=1S/C18H16BrN3OS/c1-2-15(12-7-4-3-5-8-12)17-21-22-18(24-17)20-16(23)13-9-6-10-14(19)11-13/h3-11,15H,2H2,1H3,(H,20,22,23). The van der Waals surface area contributed by atoms with E-state index in [0.717, 1.165) is 15.9 Å². The van der Waals surface area contributed by atoms with Crippen molar-refractivity contribution >= 4 is 38.3 Å². The number of rotatable bonds is 5. The van der Waals surface area contributed by atoms with E-state index in [2.05, 4.69) is 50.5 Å². The van der Waals surface area contributed by atoms with Crippen molar-refractivity contribution in [3.63, 3.8) is 0 Å². The molecule has 0 bridgehead atoms. The Kier molecular flexibility index (Phi) is 5.37. The third-order valence-corrected chi connectivity index (χ3v) is 5.10. The summed E-state index contributed by atoms with van der Waals surface area (Å²) in [5, 5.41) is 12.6. The van der Waals surface area contributed by atoms with E-state index >= 15 is 0 Å². The smallest absolute Gasteiger partial charge is 0.257 e. The highest BCUT2D eigenvalue weighted by molar-refractivity contribution is 9.10. The molecule has 1 unspecified atom stereocenters. The first-order valence-corrected chi connectivity index (χ1v) is 9.23. The van der Waals surface area contributed by atoms with Crippen LogP contribution in [-0.4, -0.2) is 16.1 Å². The molecule has 2 aromatic carbocycles. The van der Waals surface area contributed by atoms with E-state index in [1.54, 1.807) is 12.1 Å². The second-order valence-electron chi connectivity index (χ2n) is 5.28. The molecular weight excluding hydrogens is 386 g/mol. The summed E-state index contributed by atoms with van der Waals surface area (Å²) >= 11 is 4.79. The summed E-state index contributed by atoms with van der Waals surface area (Å²) in [5.74, 6) is 0.00646. The lowest BCUT2D eigenvalue weighted by atomic mass is 9.97. The maximum Gasteiger partial charge on any atom is 0.257 e. The highest BCUT2D eigenvalue weighted by Crippen LogP contribution is 2.31. The van der Waals surface area contributed by atoms with Crippen molar-refractivity contribution in [1.29, 1.82) is 0 Å². The molecule has 0 saturated carbocycles. The first-order valence-electron chi connectivity index (χ1n) is 7.62. The monoisotopic (exact) mass is 401 g/mol. The summed E-state index contributed by atoms with van der Waals surface area (Å²) in [6.45, 7) is 2.12. The molecule has 1 heterocycles. The van der Waals surface area contributed by atoms with Gasteiger partial charge in [-0.25, -0.2) is 0 Å². The minimum absolute atomic E-state index is 0.188. The van der Waals surface area contributed by atoms with Crippen molar-refractivity contribution < 1.29 is 4.79 Å². The Morgan fingerprint density at radius 1 is 1.17 bits per heavy atom. The molecule has 0 spiro atoms. The molecule has 0 saturated heterocycles. The van der Waals surface area contributed by atoms with Crippen molar-refractivity contribution in [2.24, 2.45) is 0 Å². The van der Waals surface area contributed by atoms with Gasteiger partial charge in [0.1, 0.15) is 5.01 Å². The fraction of sp³-hybridized carbons (Fsp3) is 0.167. The quantitative estimate of drug-likeness (QED) is 0.647. The van der Waals surface area contributed by atoms with Crippen molar-refractivity contribution in [1.82, 2.24) is 10.2 Å². The van der Waals surface area contributed by atoms with Gasteiger partial charge in [0.05, 0.1) is 0 Å². The van der Waals surface area contributed by atoms with E-state index in [0.29, 0.717) is 10.7 Å². The lowest BCUT2D eigenvalue weighted by Gasteiger charge is -2.11. The number of carbonyl (C=O) groups is 1. The number of halogens is 1. The van der Waals surface area contributed by atoms with Gasteiger partial charge in [-0.3, -0.25) is 10.1 Å². The Balaban J connectivity index is 1.77. The van der Waals surface area contributed by atoms with E-state index in [1.807, 2.05) is 30.3 Å². The minimum Gasteiger partial charge on any atom is -0.296 e. The summed E-state index contributed by atoms with van der Waals surface area (Å²) < 4.78 is 0.864. The van der Waals surface area contributed by atoms with Gasteiger partial charge in [-0.1, -0.05) is 70.6 Å². The molecule has 1 aromatic heterocycles. The van der Waals surface area contributed by atoms with E-state index in [9.17, 15) is 4.79 Å². The van der Waals surface area contributed by atoms with Crippen LogP contribution in [0.4, 0.5) is 5.13 Å². The Morgan fingerprint density at radius 3 is 2.67 bits per heavy atom. The Hall–Kier alpha value is -2.05. The van der Waals surface area contributed by atoms with Crippen molar-refractivity contribution in [3.05, 3.63) is 75.2 Å². The molecule has 122 valence electrons. The summed E-state index contributed by atoms with van der Waals surface area (Å²) in [6.07, 6.45) is 0.929. The van der Waals surface area contributed by atoms with Crippen LogP contribution in [0.25, 0.3) is 0 Å². The van der Waals surface area contributed by atoms with Gasteiger partial charge in [-0.15, -0.1) is 10.2 Å². The van der Waals surface area contributed by atoms with Gasteiger partial charge >= 0.3 is 0 Å². The van der Waals surface area contributed by atoms with E-state index < -0.39 is 0 Å². The molecule has 3 rings (SSSR count). The van der Waals surface area contributed by atoms with Crippen LogP contribution < -0.4 is 5.32 Å². The van der Waals surface area contributed by atoms with Gasteiger partial charge in [-0.2, -0.15) is 0 Å². The molecule has 24 heavy (non-hydrogen) atoms. The Morgan fingerprint density at radius 2 is 1.96 bits per heavy atom. The molecule has 1 N–H and O–H groups in total. The average molecular weight is 402 g/mol. The van der Waals surface area contributed by atoms with Gasteiger partial charge in [0.25, 0.3) is 5.91 Å². The Bertz CT molecular complexity index is 835. The number of carbonyl (C=O) groups excluding carboxylic acids is 1. The van der Waals surface area contributed by atoms with Crippen molar-refractivity contribution in [2.45, 2.75) is 19.3 Å². The van der Waals surface area contributed by atoms with E-state index in [4.69, 9.17) is 0 Å². The van der Waals surface area contributed by atoms with Gasteiger partial charge in [0, 0.05) is 16.0 Å². The SMILES string of the molecule is CCC(c1ccccc1)c1nnc(NC(=O)c2cccc(Br)c2)s1. The second-order valence-corrected chi connectivity index (χ2v) is 7.21. The summed E-state index contributed by atoms with van der Waals surface area (Å²) in [7, 11) is 0. The fourth-order valence-electron chi connectivity index (χ4n) is 2.46. The summed E-state index contributed by atoms with van der Waals surface area (Å²) in [5.41, 5.74) is 1.79. The predicted octanol–water partition coefficient (Wildman–Crippen LogP) is 5.09. The van der Waals surface area contributed by atoms with Gasteiger partial charge in [0.15, 0.2) is 0 Å². The van der Waals surface area contributed by atoms with Crippen LogP contribution in [0.1, 0.15) is 40.2 Å². The molecular formula is C18H16BrN3OS. The third-order valence-electron chi connectivity index (χ3n) is 3.66. The van der Waals surface area contributed by atoms with Gasteiger partial charge in [-0.05, 0) is 30.2 Å². The van der Waals surface area contributed by atoms with Gasteiger partial charge < -0.3 is 0 Å². The van der Waals surface area contributed by atoms with Crippen LogP contribution in [0.3, 0.4) is 0 Å². The fourth-order valence-corrected chi connectivity index (χ4v) is 3.81. The Labute approximate surface area is 153 Å². The van der Waals surface area contributed by atoms with Crippen LogP contribution in [0.15, 0.2) is 59.1 Å². The summed E-state index contributed by atoms with van der Waals surface area (Å²) in [4.78, 5) is 12.3. The van der Waals surface area contributed by atoms with Crippen LogP contribution in [0, 0.1) is 0 Å². The topological polar surface area (TPSA) is 54.9 Å². The first kappa shape index (κ1) is 16.8. The molecule has 6 heteroatoms. The number of amides is 1. The maximum atomic E-state index is 12.3. The highest BCUT2D eigenvalue weighted by Gasteiger charge is 2.18. The lowest BCUT2D eigenvalue weighted by Crippen LogP contribution is -2.11. The zero-order chi connectivity index (χ0) is 16.9. The number of hydrogen-bond donors (Lipinski definition) is 1. The molecule has 0 aliphatic heterocycles. The predicted molar refractivity (Wildman–Crippen MR) is 101 cm³/mol. The number of nitrogens with one attached hydrogen (secondary N) is 1. The third kappa shape index (κ3) is 3.88. The van der Waals surface area contributed by atoms with Crippen LogP contribution in [0.5, 0.6) is 0 Å².